The molecule has 1 amide bonds. The maximum absolute atomic E-state index is 13.0. The van der Waals surface area contributed by atoms with E-state index in [0.717, 1.165) is 11.8 Å². The molecule has 0 aliphatic carbocycles. The average molecular weight is 404 g/mol. The Balaban J connectivity index is 1.75. The number of hydrogen-bond donors (Lipinski definition) is 0. The summed E-state index contributed by atoms with van der Waals surface area (Å²) >= 11 is 0. The van der Waals surface area contributed by atoms with Gasteiger partial charge >= 0.3 is 0 Å². The number of pyridine rings is 1. The molecule has 1 aromatic carbocycles. The molecular formula is C18H20N4O5S. The lowest BCUT2D eigenvalue weighted by Gasteiger charge is -2.34. The van der Waals surface area contributed by atoms with E-state index in [-0.39, 0.29) is 42.7 Å². The highest BCUT2D eigenvalue weighted by Crippen LogP contribution is 2.25. The molecule has 2 aromatic rings. The van der Waals surface area contributed by atoms with Gasteiger partial charge in [0.15, 0.2) is 0 Å². The number of aryl methyl sites for hydroxylation is 2. The summed E-state index contributed by atoms with van der Waals surface area (Å²) in [6, 6.07) is 7.23. The smallest absolute Gasteiger partial charge is 0.270 e. The van der Waals surface area contributed by atoms with Gasteiger partial charge in [0.1, 0.15) is 0 Å². The lowest BCUT2D eigenvalue weighted by atomic mass is 10.2. The monoisotopic (exact) mass is 404 g/mol. The quantitative estimate of drug-likeness (QED) is 0.567. The van der Waals surface area contributed by atoms with Crippen molar-refractivity contribution in [3.05, 3.63) is 63.5 Å². The molecule has 0 unspecified atom stereocenters. The van der Waals surface area contributed by atoms with Crippen LogP contribution in [-0.4, -0.2) is 59.6 Å². The van der Waals surface area contributed by atoms with Gasteiger partial charge in [-0.3, -0.25) is 19.9 Å². The highest BCUT2D eigenvalue weighted by molar-refractivity contribution is 7.89. The van der Waals surface area contributed by atoms with Crippen molar-refractivity contribution < 1.29 is 18.1 Å². The van der Waals surface area contributed by atoms with Crippen molar-refractivity contribution in [2.75, 3.05) is 26.2 Å². The van der Waals surface area contributed by atoms with Gasteiger partial charge in [-0.25, -0.2) is 8.42 Å². The predicted molar refractivity (Wildman–Crippen MR) is 101 cm³/mol. The summed E-state index contributed by atoms with van der Waals surface area (Å²) < 4.78 is 27.2. The number of nitro groups is 1. The number of amides is 1. The Hall–Kier alpha value is -2.85. The Morgan fingerprint density at radius 1 is 1.11 bits per heavy atom. The molecule has 1 saturated heterocycles. The van der Waals surface area contributed by atoms with Crippen LogP contribution >= 0.6 is 0 Å². The second kappa shape index (κ2) is 7.64. The van der Waals surface area contributed by atoms with E-state index in [4.69, 9.17) is 0 Å². The molecule has 1 aliphatic heterocycles. The van der Waals surface area contributed by atoms with Gasteiger partial charge in [-0.15, -0.1) is 0 Å². The molecular weight excluding hydrogens is 384 g/mol. The zero-order chi connectivity index (χ0) is 20.5. The van der Waals surface area contributed by atoms with Crippen LogP contribution in [0.25, 0.3) is 0 Å². The molecule has 0 atom stereocenters. The maximum Gasteiger partial charge on any atom is 0.270 e. The fraction of sp³-hybridized carbons (Fsp3) is 0.333. The van der Waals surface area contributed by atoms with Gasteiger partial charge in [-0.2, -0.15) is 4.31 Å². The molecule has 0 spiro atoms. The topological polar surface area (TPSA) is 114 Å². The van der Waals surface area contributed by atoms with Crippen molar-refractivity contribution in [1.29, 1.82) is 0 Å². The number of rotatable bonds is 4. The Labute approximate surface area is 162 Å². The first kappa shape index (κ1) is 19.9. The summed E-state index contributed by atoms with van der Waals surface area (Å²) in [7, 11) is -3.89. The van der Waals surface area contributed by atoms with Crippen molar-refractivity contribution in [1.82, 2.24) is 14.2 Å². The summed E-state index contributed by atoms with van der Waals surface area (Å²) in [4.78, 5) is 28.5. The lowest BCUT2D eigenvalue weighted by molar-refractivity contribution is -0.385. The Morgan fingerprint density at radius 2 is 1.79 bits per heavy atom. The summed E-state index contributed by atoms with van der Waals surface area (Å²) in [6.07, 6.45) is 1.51. The van der Waals surface area contributed by atoms with E-state index in [1.165, 1.54) is 22.6 Å². The van der Waals surface area contributed by atoms with E-state index in [1.54, 1.807) is 24.0 Å². The van der Waals surface area contributed by atoms with Gasteiger partial charge in [-0.05, 0) is 31.5 Å². The Kier molecular flexibility index (Phi) is 5.43. The van der Waals surface area contributed by atoms with Crippen molar-refractivity contribution in [3.63, 3.8) is 0 Å². The van der Waals surface area contributed by atoms with Crippen LogP contribution in [0.5, 0.6) is 0 Å². The van der Waals surface area contributed by atoms with Gasteiger partial charge in [-0.1, -0.05) is 6.07 Å². The minimum Gasteiger partial charge on any atom is -0.336 e. The highest BCUT2D eigenvalue weighted by atomic mass is 32.2. The second-order valence-electron chi connectivity index (χ2n) is 6.59. The van der Waals surface area contributed by atoms with Crippen LogP contribution in [0.4, 0.5) is 5.69 Å². The molecule has 1 aromatic heterocycles. The first-order chi connectivity index (χ1) is 13.2. The number of nitro benzene ring substituents is 1. The second-order valence-corrected chi connectivity index (χ2v) is 8.50. The number of hydrogen-bond acceptors (Lipinski definition) is 6. The molecule has 9 nitrogen and oxygen atoms in total. The minimum absolute atomic E-state index is 0.0794. The molecule has 0 saturated carbocycles. The summed E-state index contributed by atoms with van der Waals surface area (Å²) in [5.74, 6) is -0.198. The van der Waals surface area contributed by atoms with E-state index in [1.807, 2.05) is 6.92 Å². The maximum atomic E-state index is 13.0. The third kappa shape index (κ3) is 3.87. The molecule has 2 heterocycles. The van der Waals surface area contributed by atoms with Gasteiger partial charge in [0.2, 0.25) is 10.0 Å². The first-order valence-electron chi connectivity index (χ1n) is 8.67. The first-order valence-corrected chi connectivity index (χ1v) is 10.1. The van der Waals surface area contributed by atoms with E-state index in [2.05, 4.69) is 4.98 Å². The number of benzene rings is 1. The average Bonchev–Trinajstić information content (AvgIpc) is 2.68. The number of nitrogens with zero attached hydrogens (tertiary/aromatic N) is 4. The molecule has 3 rings (SSSR count). The molecule has 28 heavy (non-hydrogen) atoms. The third-order valence-electron chi connectivity index (χ3n) is 4.68. The number of non-ortho nitro benzene ring substituents is 1. The predicted octanol–water partition coefficient (Wildman–Crippen LogP) is 1.75. The molecule has 1 fully saturated rings. The van der Waals surface area contributed by atoms with E-state index in [9.17, 15) is 23.3 Å². The van der Waals surface area contributed by atoms with Crippen LogP contribution in [0, 0.1) is 24.0 Å². The molecule has 0 N–H and O–H groups in total. The van der Waals surface area contributed by atoms with Gasteiger partial charge in [0.25, 0.3) is 11.6 Å². The third-order valence-corrected chi connectivity index (χ3v) is 6.73. The SMILES string of the molecule is Cc1ccc(C(=O)N2CCN(S(=O)(=O)c3cc([N+](=O)[O-])ccc3C)CC2)cn1. The van der Waals surface area contributed by atoms with Crippen LogP contribution in [0.1, 0.15) is 21.6 Å². The Morgan fingerprint density at radius 3 is 2.36 bits per heavy atom. The van der Waals surface area contributed by atoms with Gasteiger partial charge in [0, 0.05) is 50.2 Å². The largest absolute Gasteiger partial charge is 0.336 e. The molecule has 0 radical (unpaired) electrons. The van der Waals surface area contributed by atoms with Crippen LogP contribution in [0.2, 0.25) is 0 Å². The van der Waals surface area contributed by atoms with E-state index in [0.29, 0.717) is 11.1 Å². The number of piperazine rings is 1. The highest BCUT2D eigenvalue weighted by Gasteiger charge is 2.32. The van der Waals surface area contributed by atoms with E-state index < -0.39 is 14.9 Å². The van der Waals surface area contributed by atoms with E-state index >= 15 is 0 Å². The Bertz CT molecular complexity index is 1010. The standard InChI is InChI=1S/C18H20N4O5S/c1-13-3-6-16(22(24)25)11-17(13)28(26,27)21-9-7-20(8-10-21)18(23)15-5-4-14(2)19-12-15/h3-6,11-12H,7-10H2,1-2H3. The van der Waals surface area contributed by atoms with Crippen molar-refractivity contribution in [3.8, 4) is 0 Å². The van der Waals surface area contributed by atoms with Crippen LogP contribution in [0.15, 0.2) is 41.4 Å². The summed E-state index contributed by atoms with van der Waals surface area (Å²) in [5.41, 5.74) is 1.43. The molecule has 1 aliphatic rings. The van der Waals surface area contributed by atoms with Crippen LogP contribution in [-0.2, 0) is 10.0 Å². The van der Waals surface area contributed by atoms with Gasteiger partial charge in [0.05, 0.1) is 15.4 Å². The lowest BCUT2D eigenvalue weighted by Crippen LogP contribution is -2.50. The fourth-order valence-electron chi connectivity index (χ4n) is 3.03. The zero-order valence-corrected chi connectivity index (χ0v) is 16.3. The van der Waals surface area contributed by atoms with Crippen molar-refractivity contribution >= 4 is 21.6 Å². The number of carbonyl (C=O) groups is 1. The summed E-state index contributed by atoms with van der Waals surface area (Å²) in [6.45, 7) is 4.14. The minimum atomic E-state index is -3.89. The molecule has 0 bridgehead atoms. The van der Waals surface area contributed by atoms with Crippen LogP contribution in [0.3, 0.4) is 0 Å². The molecule has 10 heteroatoms. The van der Waals surface area contributed by atoms with Gasteiger partial charge < -0.3 is 4.90 Å². The normalized spacial score (nSPS) is 15.4. The molecule has 148 valence electrons. The summed E-state index contributed by atoms with van der Waals surface area (Å²) in [5, 5.41) is 11.0. The van der Waals surface area contributed by atoms with Crippen molar-refractivity contribution in [2.45, 2.75) is 18.7 Å². The number of aromatic nitrogens is 1. The zero-order valence-electron chi connectivity index (χ0n) is 15.5. The van der Waals surface area contributed by atoms with Crippen LogP contribution < -0.4 is 0 Å². The number of sulfonamides is 1. The number of carbonyl (C=O) groups excluding carboxylic acids is 1. The van der Waals surface area contributed by atoms with Crippen molar-refractivity contribution in [2.24, 2.45) is 0 Å². The fourth-order valence-corrected chi connectivity index (χ4v) is 4.69.